The second-order valence-corrected chi connectivity index (χ2v) is 9.73. The Balaban J connectivity index is 1.33. The van der Waals surface area contributed by atoms with Gasteiger partial charge in [0, 0.05) is 32.0 Å². The fourth-order valence-electron chi connectivity index (χ4n) is 4.14. The SMILES string of the molecule is O=C(NCc1nnc2n1CCCCC2)C1CCN(S(=O)(=O)c2ccccc2F)CC1. The number of fused-ring (bicyclic) bond motifs is 1. The Labute approximate surface area is 175 Å². The molecule has 0 unspecified atom stereocenters. The Morgan fingerprint density at radius 3 is 2.63 bits per heavy atom. The van der Waals surface area contributed by atoms with Gasteiger partial charge in [0.05, 0.1) is 6.54 Å². The third-order valence-corrected chi connectivity index (χ3v) is 7.82. The second-order valence-electron chi connectivity index (χ2n) is 7.82. The largest absolute Gasteiger partial charge is 0.349 e. The summed E-state index contributed by atoms with van der Waals surface area (Å²) in [6, 6.07) is 5.36. The van der Waals surface area contributed by atoms with Gasteiger partial charge in [0.2, 0.25) is 15.9 Å². The maximum atomic E-state index is 13.9. The van der Waals surface area contributed by atoms with Crippen LogP contribution >= 0.6 is 0 Å². The Bertz CT molecular complexity index is 1020. The maximum Gasteiger partial charge on any atom is 0.245 e. The van der Waals surface area contributed by atoms with Crippen LogP contribution in [0.25, 0.3) is 0 Å². The van der Waals surface area contributed by atoms with Crippen LogP contribution in [0.3, 0.4) is 0 Å². The van der Waals surface area contributed by atoms with Crippen LogP contribution < -0.4 is 5.32 Å². The summed E-state index contributed by atoms with van der Waals surface area (Å²) >= 11 is 0. The van der Waals surface area contributed by atoms with Gasteiger partial charge >= 0.3 is 0 Å². The highest BCUT2D eigenvalue weighted by Gasteiger charge is 2.33. The number of halogens is 1. The van der Waals surface area contributed by atoms with Crippen molar-refractivity contribution in [3.8, 4) is 0 Å². The first-order valence-corrected chi connectivity index (χ1v) is 11.8. The summed E-state index contributed by atoms with van der Waals surface area (Å²) in [7, 11) is -3.90. The van der Waals surface area contributed by atoms with Gasteiger partial charge in [-0.05, 0) is 37.8 Å². The molecule has 1 aromatic carbocycles. The van der Waals surface area contributed by atoms with Crippen LogP contribution in [0.1, 0.15) is 43.8 Å². The standard InChI is InChI=1S/C20H26FN5O3S/c21-16-6-3-4-7-17(16)30(28,29)25-12-9-15(10-13-25)20(27)22-14-19-24-23-18-8-2-1-5-11-26(18)19/h3-4,6-7,15H,1-2,5,8-14H2,(H,22,27). The molecule has 1 amide bonds. The molecule has 0 atom stereocenters. The molecule has 0 saturated carbocycles. The molecule has 2 aromatic rings. The van der Waals surface area contributed by atoms with Crippen molar-refractivity contribution >= 4 is 15.9 Å². The number of sulfonamides is 1. The van der Waals surface area contributed by atoms with E-state index in [-0.39, 0.29) is 29.8 Å². The third kappa shape index (κ3) is 4.24. The molecule has 0 bridgehead atoms. The number of rotatable bonds is 5. The average molecular weight is 436 g/mol. The van der Waals surface area contributed by atoms with E-state index in [0.717, 1.165) is 43.5 Å². The summed E-state index contributed by atoms with van der Waals surface area (Å²) in [5.41, 5.74) is 0. The number of hydrogen-bond donors (Lipinski definition) is 1. The molecule has 0 spiro atoms. The van der Waals surface area contributed by atoms with Crippen molar-refractivity contribution in [2.45, 2.75) is 56.5 Å². The maximum absolute atomic E-state index is 13.9. The lowest BCUT2D eigenvalue weighted by Gasteiger charge is -2.30. The van der Waals surface area contributed by atoms with E-state index in [1.807, 2.05) is 0 Å². The molecular weight excluding hydrogens is 409 g/mol. The van der Waals surface area contributed by atoms with E-state index in [4.69, 9.17) is 0 Å². The molecule has 2 aliphatic heterocycles. The van der Waals surface area contributed by atoms with E-state index in [9.17, 15) is 17.6 Å². The lowest BCUT2D eigenvalue weighted by Crippen LogP contribution is -2.43. The van der Waals surface area contributed by atoms with Crippen molar-refractivity contribution in [1.29, 1.82) is 0 Å². The zero-order chi connectivity index (χ0) is 21.1. The van der Waals surface area contributed by atoms with E-state index in [1.165, 1.54) is 28.9 Å². The molecule has 4 rings (SSSR count). The van der Waals surface area contributed by atoms with Crippen molar-refractivity contribution in [3.63, 3.8) is 0 Å². The molecule has 3 heterocycles. The van der Waals surface area contributed by atoms with Gasteiger partial charge in [-0.2, -0.15) is 4.31 Å². The minimum Gasteiger partial charge on any atom is -0.349 e. The van der Waals surface area contributed by atoms with Gasteiger partial charge in [-0.15, -0.1) is 10.2 Å². The van der Waals surface area contributed by atoms with Crippen LogP contribution in [0.15, 0.2) is 29.2 Å². The Morgan fingerprint density at radius 1 is 1.10 bits per heavy atom. The molecule has 0 aliphatic carbocycles. The zero-order valence-electron chi connectivity index (χ0n) is 16.8. The summed E-state index contributed by atoms with van der Waals surface area (Å²) in [6.07, 6.45) is 5.08. The van der Waals surface area contributed by atoms with E-state index in [2.05, 4.69) is 20.1 Å². The number of piperidine rings is 1. The molecule has 1 fully saturated rings. The highest BCUT2D eigenvalue weighted by Crippen LogP contribution is 2.25. The summed E-state index contributed by atoms with van der Waals surface area (Å²) in [4.78, 5) is 12.3. The van der Waals surface area contributed by atoms with Crippen molar-refractivity contribution < 1.29 is 17.6 Å². The van der Waals surface area contributed by atoms with Crippen molar-refractivity contribution in [3.05, 3.63) is 41.7 Å². The molecule has 10 heteroatoms. The average Bonchev–Trinajstić information content (AvgIpc) is 2.98. The van der Waals surface area contributed by atoms with Gasteiger partial charge in [0.15, 0.2) is 5.82 Å². The molecule has 8 nitrogen and oxygen atoms in total. The monoisotopic (exact) mass is 435 g/mol. The lowest BCUT2D eigenvalue weighted by molar-refractivity contribution is -0.126. The van der Waals surface area contributed by atoms with Gasteiger partial charge in [-0.3, -0.25) is 4.79 Å². The fraction of sp³-hybridized carbons (Fsp3) is 0.550. The number of aryl methyl sites for hydroxylation is 1. The van der Waals surface area contributed by atoms with Gasteiger partial charge in [0.1, 0.15) is 16.5 Å². The quantitative estimate of drug-likeness (QED) is 0.773. The highest BCUT2D eigenvalue weighted by atomic mass is 32.2. The molecule has 1 saturated heterocycles. The first-order chi connectivity index (χ1) is 14.5. The number of nitrogens with one attached hydrogen (secondary N) is 1. The Hall–Kier alpha value is -2.33. The van der Waals surface area contributed by atoms with Crippen LogP contribution in [0.5, 0.6) is 0 Å². The van der Waals surface area contributed by atoms with Crippen molar-refractivity contribution in [2.24, 2.45) is 5.92 Å². The minimum absolute atomic E-state index is 0.107. The summed E-state index contributed by atoms with van der Waals surface area (Å²) in [5, 5.41) is 11.4. The van der Waals surface area contributed by atoms with E-state index in [0.29, 0.717) is 19.4 Å². The van der Waals surface area contributed by atoms with Crippen molar-refractivity contribution in [2.75, 3.05) is 13.1 Å². The number of hydrogen-bond acceptors (Lipinski definition) is 5. The second kappa shape index (κ2) is 8.81. The first-order valence-electron chi connectivity index (χ1n) is 10.4. The van der Waals surface area contributed by atoms with E-state index in [1.54, 1.807) is 0 Å². The predicted octanol–water partition coefficient (Wildman–Crippen LogP) is 1.86. The summed E-state index contributed by atoms with van der Waals surface area (Å²) < 4.78 is 42.7. The first kappa shape index (κ1) is 20.9. The number of nitrogens with zero attached hydrogens (tertiary/aromatic N) is 4. The number of carbonyl (C=O) groups excluding carboxylic acids is 1. The van der Waals surface area contributed by atoms with Crippen LogP contribution in [0, 0.1) is 11.7 Å². The smallest absolute Gasteiger partial charge is 0.245 e. The molecular formula is C20H26FN5O3S. The number of aromatic nitrogens is 3. The van der Waals surface area contributed by atoms with Crippen molar-refractivity contribution in [1.82, 2.24) is 24.4 Å². The van der Waals surface area contributed by atoms with Crippen LogP contribution in [0.2, 0.25) is 0 Å². The zero-order valence-corrected chi connectivity index (χ0v) is 17.6. The minimum atomic E-state index is -3.90. The van der Waals surface area contributed by atoms with Gasteiger partial charge in [-0.1, -0.05) is 18.6 Å². The predicted molar refractivity (Wildman–Crippen MR) is 107 cm³/mol. The molecule has 2 aliphatic rings. The van der Waals surface area contributed by atoms with E-state index < -0.39 is 15.8 Å². The Morgan fingerprint density at radius 2 is 1.87 bits per heavy atom. The number of benzene rings is 1. The highest BCUT2D eigenvalue weighted by molar-refractivity contribution is 7.89. The van der Waals surface area contributed by atoms with E-state index >= 15 is 0 Å². The lowest BCUT2D eigenvalue weighted by atomic mass is 9.97. The molecule has 1 aromatic heterocycles. The molecule has 30 heavy (non-hydrogen) atoms. The topological polar surface area (TPSA) is 97.2 Å². The molecule has 0 radical (unpaired) electrons. The normalized spacial score (nSPS) is 18.6. The van der Waals surface area contributed by atoms with Gasteiger partial charge < -0.3 is 9.88 Å². The fourth-order valence-corrected chi connectivity index (χ4v) is 5.67. The third-order valence-electron chi connectivity index (χ3n) is 5.89. The van der Waals surface area contributed by atoms with Crippen LogP contribution in [0.4, 0.5) is 4.39 Å². The van der Waals surface area contributed by atoms with Gasteiger partial charge in [-0.25, -0.2) is 12.8 Å². The van der Waals surface area contributed by atoms with Crippen LogP contribution in [-0.2, 0) is 34.3 Å². The van der Waals surface area contributed by atoms with Gasteiger partial charge in [0.25, 0.3) is 0 Å². The molecule has 162 valence electrons. The number of amides is 1. The number of carbonyl (C=O) groups is 1. The Kier molecular flexibility index (Phi) is 6.14. The summed E-state index contributed by atoms with van der Waals surface area (Å²) in [5.74, 6) is 0.598. The molecule has 1 N–H and O–H groups in total. The summed E-state index contributed by atoms with van der Waals surface area (Å²) in [6.45, 7) is 1.57. The van der Waals surface area contributed by atoms with Crippen LogP contribution in [-0.4, -0.2) is 46.5 Å².